The van der Waals surface area contributed by atoms with Crippen molar-refractivity contribution in [3.05, 3.63) is 39.3 Å². The van der Waals surface area contributed by atoms with Crippen LogP contribution in [0.1, 0.15) is 13.8 Å². The molecule has 0 aliphatic carbocycles. The Bertz CT molecular complexity index is 633. The number of pyridine rings is 1. The molecule has 21 heavy (non-hydrogen) atoms. The number of ether oxygens (including phenoxy) is 2. The molecule has 1 heterocycles. The van der Waals surface area contributed by atoms with Gasteiger partial charge >= 0.3 is 0 Å². The van der Waals surface area contributed by atoms with Gasteiger partial charge in [-0.1, -0.05) is 29.8 Å². The maximum Gasteiger partial charge on any atom is 0.240 e. The lowest BCUT2D eigenvalue weighted by molar-refractivity contribution is 0.260. The third kappa shape index (κ3) is 4.61. The standard InChI is InChI=1S/C15H16Br2N2O2/c1-9(2)8-20-15-12(18)4-6-14(19-15)21-13-5-3-10(16)7-11(13)17/h3-7,9H,8,18H2,1-2H3. The van der Waals surface area contributed by atoms with Crippen molar-refractivity contribution >= 4 is 37.5 Å². The van der Waals surface area contributed by atoms with Gasteiger partial charge in [0.15, 0.2) is 0 Å². The molecule has 0 aliphatic heterocycles. The fraction of sp³-hybridized carbons (Fsp3) is 0.267. The number of rotatable bonds is 5. The minimum atomic E-state index is 0.398. The van der Waals surface area contributed by atoms with E-state index in [4.69, 9.17) is 15.2 Å². The fourth-order valence-corrected chi connectivity index (χ4v) is 2.65. The lowest BCUT2D eigenvalue weighted by Crippen LogP contribution is -2.07. The number of nitrogens with zero attached hydrogens (tertiary/aromatic N) is 1. The molecule has 0 radical (unpaired) electrons. The van der Waals surface area contributed by atoms with Crippen molar-refractivity contribution < 1.29 is 9.47 Å². The highest BCUT2D eigenvalue weighted by Gasteiger charge is 2.09. The highest BCUT2D eigenvalue weighted by molar-refractivity contribution is 9.11. The number of hydrogen-bond donors (Lipinski definition) is 1. The molecule has 0 bridgehead atoms. The highest BCUT2D eigenvalue weighted by Crippen LogP contribution is 2.32. The van der Waals surface area contributed by atoms with Crippen molar-refractivity contribution in [3.8, 4) is 17.5 Å². The Morgan fingerprint density at radius 3 is 2.62 bits per heavy atom. The zero-order chi connectivity index (χ0) is 15.4. The summed E-state index contributed by atoms with van der Waals surface area (Å²) < 4.78 is 13.1. The van der Waals surface area contributed by atoms with Crippen LogP contribution in [0.5, 0.6) is 17.5 Å². The van der Waals surface area contributed by atoms with E-state index in [1.807, 2.05) is 18.2 Å². The van der Waals surface area contributed by atoms with Gasteiger partial charge in [0.2, 0.25) is 11.8 Å². The van der Waals surface area contributed by atoms with Gasteiger partial charge in [-0.2, -0.15) is 4.98 Å². The first kappa shape index (κ1) is 16.1. The summed E-state index contributed by atoms with van der Waals surface area (Å²) in [6.07, 6.45) is 0. The Kier molecular flexibility index (Phi) is 5.47. The number of benzene rings is 1. The molecule has 112 valence electrons. The second-order valence-electron chi connectivity index (χ2n) is 4.93. The van der Waals surface area contributed by atoms with Gasteiger partial charge in [0.25, 0.3) is 0 Å². The van der Waals surface area contributed by atoms with Crippen LogP contribution in [0, 0.1) is 5.92 Å². The largest absolute Gasteiger partial charge is 0.476 e. The predicted molar refractivity (Wildman–Crippen MR) is 90.9 cm³/mol. The molecule has 0 saturated carbocycles. The van der Waals surface area contributed by atoms with Crippen LogP contribution in [0.25, 0.3) is 0 Å². The van der Waals surface area contributed by atoms with Gasteiger partial charge in [0.05, 0.1) is 16.8 Å². The maximum atomic E-state index is 5.86. The van der Waals surface area contributed by atoms with Crippen LogP contribution in [-0.4, -0.2) is 11.6 Å². The third-order valence-electron chi connectivity index (χ3n) is 2.53. The zero-order valence-corrected chi connectivity index (χ0v) is 14.9. The van der Waals surface area contributed by atoms with E-state index in [1.165, 1.54) is 0 Å². The lowest BCUT2D eigenvalue weighted by Gasteiger charge is -2.12. The van der Waals surface area contributed by atoms with Crippen LogP contribution >= 0.6 is 31.9 Å². The van der Waals surface area contributed by atoms with E-state index in [-0.39, 0.29) is 0 Å². The van der Waals surface area contributed by atoms with E-state index < -0.39 is 0 Å². The Labute approximate surface area is 140 Å². The number of halogens is 2. The quantitative estimate of drug-likeness (QED) is 0.744. The molecule has 0 unspecified atom stereocenters. The molecule has 0 aliphatic rings. The van der Waals surface area contributed by atoms with Crippen LogP contribution in [0.15, 0.2) is 39.3 Å². The molecule has 2 N–H and O–H groups in total. The minimum Gasteiger partial charge on any atom is -0.476 e. The highest BCUT2D eigenvalue weighted by atomic mass is 79.9. The van der Waals surface area contributed by atoms with E-state index in [9.17, 15) is 0 Å². The molecule has 2 rings (SSSR count). The van der Waals surface area contributed by atoms with Crippen molar-refractivity contribution in [2.45, 2.75) is 13.8 Å². The smallest absolute Gasteiger partial charge is 0.240 e. The molecule has 0 spiro atoms. The first-order valence-corrected chi connectivity index (χ1v) is 8.06. The molecular weight excluding hydrogens is 400 g/mol. The van der Waals surface area contributed by atoms with E-state index in [1.54, 1.807) is 12.1 Å². The van der Waals surface area contributed by atoms with Crippen molar-refractivity contribution in [1.29, 1.82) is 0 Å². The number of anilines is 1. The average Bonchev–Trinajstić information content (AvgIpc) is 2.42. The molecule has 0 atom stereocenters. The Morgan fingerprint density at radius 2 is 1.95 bits per heavy atom. The van der Waals surface area contributed by atoms with Gasteiger partial charge in [-0.25, -0.2) is 0 Å². The monoisotopic (exact) mass is 414 g/mol. The predicted octanol–water partition coefficient (Wildman–Crippen LogP) is 5.02. The van der Waals surface area contributed by atoms with Gasteiger partial charge in [-0.15, -0.1) is 0 Å². The molecule has 2 aromatic rings. The van der Waals surface area contributed by atoms with Crippen LogP contribution in [0.3, 0.4) is 0 Å². The summed E-state index contributed by atoms with van der Waals surface area (Å²) in [5, 5.41) is 0. The Morgan fingerprint density at radius 1 is 1.19 bits per heavy atom. The second kappa shape index (κ2) is 7.13. The Hall–Kier alpha value is -1.27. The summed E-state index contributed by atoms with van der Waals surface area (Å²) in [6, 6.07) is 9.09. The van der Waals surface area contributed by atoms with Gasteiger partial charge in [0, 0.05) is 10.5 Å². The Balaban J connectivity index is 2.18. The molecule has 6 heteroatoms. The van der Waals surface area contributed by atoms with Crippen LogP contribution in [0.2, 0.25) is 0 Å². The molecule has 4 nitrogen and oxygen atoms in total. The molecule has 0 fully saturated rings. The average molecular weight is 416 g/mol. The lowest BCUT2D eigenvalue weighted by atomic mass is 10.2. The first-order valence-electron chi connectivity index (χ1n) is 6.48. The zero-order valence-electron chi connectivity index (χ0n) is 11.8. The summed E-state index contributed by atoms with van der Waals surface area (Å²) in [5.41, 5.74) is 6.36. The van der Waals surface area contributed by atoms with E-state index in [0.29, 0.717) is 35.7 Å². The summed E-state index contributed by atoms with van der Waals surface area (Å²) in [4.78, 5) is 4.30. The van der Waals surface area contributed by atoms with E-state index >= 15 is 0 Å². The summed E-state index contributed by atoms with van der Waals surface area (Å²) in [7, 11) is 0. The summed E-state index contributed by atoms with van der Waals surface area (Å²) in [6.45, 7) is 4.69. The van der Waals surface area contributed by atoms with Crippen LogP contribution in [0.4, 0.5) is 5.69 Å². The molecule has 1 aromatic carbocycles. The molecule has 0 saturated heterocycles. The molecular formula is C15H16Br2N2O2. The van der Waals surface area contributed by atoms with Crippen molar-refractivity contribution in [2.24, 2.45) is 5.92 Å². The summed E-state index contributed by atoms with van der Waals surface area (Å²) >= 11 is 6.85. The van der Waals surface area contributed by atoms with Gasteiger partial charge in [0.1, 0.15) is 5.75 Å². The fourth-order valence-electron chi connectivity index (χ4n) is 1.52. The molecule has 1 aromatic heterocycles. The van der Waals surface area contributed by atoms with Gasteiger partial charge in [-0.3, -0.25) is 0 Å². The number of nitrogen functional groups attached to an aromatic ring is 1. The number of aromatic nitrogens is 1. The van der Waals surface area contributed by atoms with E-state index in [0.717, 1.165) is 8.95 Å². The van der Waals surface area contributed by atoms with E-state index in [2.05, 4.69) is 50.7 Å². The van der Waals surface area contributed by atoms with Crippen molar-refractivity contribution in [1.82, 2.24) is 4.98 Å². The minimum absolute atomic E-state index is 0.398. The SMILES string of the molecule is CC(C)COc1nc(Oc2ccc(Br)cc2Br)ccc1N. The number of hydrogen-bond acceptors (Lipinski definition) is 4. The van der Waals surface area contributed by atoms with Crippen molar-refractivity contribution in [2.75, 3.05) is 12.3 Å². The van der Waals surface area contributed by atoms with Crippen LogP contribution in [-0.2, 0) is 0 Å². The first-order chi connectivity index (χ1) is 9.95. The topological polar surface area (TPSA) is 57.4 Å². The normalized spacial score (nSPS) is 10.7. The van der Waals surface area contributed by atoms with Crippen LogP contribution < -0.4 is 15.2 Å². The number of nitrogens with two attached hydrogens (primary N) is 1. The third-order valence-corrected chi connectivity index (χ3v) is 3.64. The van der Waals surface area contributed by atoms with Gasteiger partial charge in [-0.05, 0) is 46.1 Å². The van der Waals surface area contributed by atoms with Gasteiger partial charge < -0.3 is 15.2 Å². The molecule has 0 amide bonds. The van der Waals surface area contributed by atoms with Crippen molar-refractivity contribution in [3.63, 3.8) is 0 Å². The summed E-state index contributed by atoms with van der Waals surface area (Å²) in [5.74, 6) is 1.90. The second-order valence-corrected chi connectivity index (χ2v) is 6.70. The maximum absolute atomic E-state index is 5.86.